The molecule has 3 fully saturated rings. The molecule has 1 saturated heterocycles. The number of fused-ring (bicyclic) bond motifs is 2. The van der Waals surface area contributed by atoms with Crippen molar-refractivity contribution in [1.29, 1.82) is 5.26 Å². The third-order valence-electron chi connectivity index (χ3n) is 4.52. The Morgan fingerprint density at radius 2 is 2.07 bits per heavy atom. The van der Waals surface area contributed by atoms with Crippen LogP contribution in [-0.4, -0.2) is 12.7 Å². The monoisotopic (exact) mass is 191 g/mol. The van der Waals surface area contributed by atoms with Gasteiger partial charge in [-0.2, -0.15) is 5.26 Å². The van der Waals surface area contributed by atoms with E-state index in [-0.39, 0.29) is 12.0 Å². The van der Waals surface area contributed by atoms with Crippen LogP contribution in [0.2, 0.25) is 0 Å². The van der Waals surface area contributed by atoms with Crippen molar-refractivity contribution < 1.29 is 4.74 Å². The van der Waals surface area contributed by atoms with Gasteiger partial charge in [-0.25, -0.2) is 0 Å². The fourth-order valence-corrected chi connectivity index (χ4v) is 3.87. The number of rotatable bonds is 1. The molecule has 0 amide bonds. The summed E-state index contributed by atoms with van der Waals surface area (Å²) >= 11 is 0. The van der Waals surface area contributed by atoms with Gasteiger partial charge >= 0.3 is 0 Å². The molecule has 0 radical (unpaired) electrons. The predicted octanol–water partition coefficient (Wildman–Crippen LogP) is 2.35. The second-order valence-corrected chi connectivity index (χ2v) is 5.20. The van der Waals surface area contributed by atoms with Crippen LogP contribution in [-0.2, 0) is 4.74 Å². The van der Waals surface area contributed by atoms with E-state index in [0.29, 0.717) is 0 Å². The van der Waals surface area contributed by atoms with E-state index in [1.807, 2.05) is 0 Å². The standard InChI is InChI=1S/C12H17NO/c13-7-10-3-4-14-12(10)11-6-8-1-2-9(11)5-8/h8-12H,1-6H2. The van der Waals surface area contributed by atoms with Gasteiger partial charge in [0.15, 0.2) is 0 Å². The molecule has 1 aliphatic heterocycles. The summed E-state index contributed by atoms with van der Waals surface area (Å²) in [4.78, 5) is 0. The molecule has 14 heavy (non-hydrogen) atoms. The Labute approximate surface area is 85.2 Å². The molecule has 5 unspecified atom stereocenters. The number of ether oxygens (including phenoxy) is 1. The smallest absolute Gasteiger partial charge is 0.0764 e. The van der Waals surface area contributed by atoms with Crippen LogP contribution in [0.1, 0.15) is 32.1 Å². The van der Waals surface area contributed by atoms with Gasteiger partial charge in [-0.15, -0.1) is 0 Å². The molecule has 5 atom stereocenters. The zero-order valence-corrected chi connectivity index (χ0v) is 8.48. The summed E-state index contributed by atoms with van der Waals surface area (Å²) in [6.45, 7) is 0.816. The topological polar surface area (TPSA) is 33.0 Å². The quantitative estimate of drug-likeness (QED) is 0.637. The van der Waals surface area contributed by atoms with Crippen LogP contribution in [0, 0.1) is 35.0 Å². The maximum Gasteiger partial charge on any atom is 0.0764 e. The van der Waals surface area contributed by atoms with Gasteiger partial charge in [0.05, 0.1) is 18.1 Å². The van der Waals surface area contributed by atoms with Crippen molar-refractivity contribution >= 4 is 0 Å². The molecular weight excluding hydrogens is 174 g/mol. The van der Waals surface area contributed by atoms with E-state index >= 15 is 0 Å². The Kier molecular flexibility index (Phi) is 2.02. The van der Waals surface area contributed by atoms with Crippen LogP contribution < -0.4 is 0 Å². The minimum Gasteiger partial charge on any atom is -0.377 e. The first-order chi connectivity index (χ1) is 6.88. The Balaban J connectivity index is 1.74. The first-order valence-electron chi connectivity index (χ1n) is 5.89. The number of hydrogen-bond acceptors (Lipinski definition) is 2. The van der Waals surface area contributed by atoms with Crippen LogP contribution >= 0.6 is 0 Å². The highest BCUT2D eigenvalue weighted by atomic mass is 16.5. The van der Waals surface area contributed by atoms with E-state index < -0.39 is 0 Å². The highest BCUT2D eigenvalue weighted by molar-refractivity contribution is 5.01. The highest BCUT2D eigenvalue weighted by Crippen LogP contribution is 2.52. The summed E-state index contributed by atoms with van der Waals surface area (Å²) in [6.07, 6.45) is 6.85. The summed E-state index contributed by atoms with van der Waals surface area (Å²) in [6, 6.07) is 2.43. The van der Waals surface area contributed by atoms with Crippen molar-refractivity contribution in [2.24, 2.45) is 23.7 Å². The molecule has 0 aromatic rings. The lowest BCUT2D eigenvalue weighted by Gasteiger charge is -2.28. The Morgan fingerprint density at radius 1 is 1.14 bits per heavy atom. The fraction of sp³-hybridized carbons (Fsp3) is 0.917. The molecule has 2 bridgehead atoms. The zero-order chi connectivity index (χ0) is 9.54. The van der Waals surface area contributed by atoms with E-state index in [0.717, 1.165) is 30.8 Å². The van der Waals surface area contributed by atoms with E-state index in [9.17, 15) is 0 Å². The average molecular weight is 191 g/mol. The van der Waals surface area contributed by atoms with Gasteiger partial charge in [0.1, 0.15) is 0 Å². The molecule has 2 heteroatoms. The second kappa shape index (κ2) is 3.24. The maximum atomic E-state index is 9.04. The predicted molar refractivity (Wildman–Crippen MR) is 52.4 cm³/mol. The summed E-state index contributed by atoms with van der Waals surface area (Å²) in [5, 5.41) is 9.04. The Morgan fingerprint density at radius 3 is 2.71 bits per heavy atom. The maximum absolute atomic E-state index is 9.04. The third-order valence-corrected chi connectivity index (χ3v) is 4.52. The van der Waals surface area contributed by atoms with Crippen LogP contribution in [0.4, 0.5) is 0 Å². The van der Waals surface area contributed by atoms with Crippen molar-refractivity contribution in [3.63, 3.8) is 0 Å². The molecule has 0 N–H and O–H groups in total. The minimum atomic E-state index is 0.194. The summed E-state index contributed by atoms with van der Waals surface area (Å²) in [7, 11) is 0. The van der Waals surface area contributed by atoms with Crippen LogP contribution in [0.3, 0.4) is 0 Å². The van der Waals surface area contributed by atoms with Gasteiger partial charge in [0.2, 0.25) is 0 Å². The number of nitriles is 1. The lowest BCUT2D eigenvalue weighted by Crippen LogP contribution is -2.29. The van der Waals surface area contributed by atoms with E-state index in [4.69, 9.17) is 10.00 Å². The van der Waals surface area contributed by atoms with Crippen LogP contribution in [0.5, 0.6) is 0 Å². The Hall–Kier alpha value is -0.550. The molecule has 0 spiro atoms. The summed E-state index contributed by atoms with van der Waals surface area (Å²) in [5.74, 6) is 2.77. The lowest BCUT2D eigenvalue weighted by molar-refractivity contribution is 0.0287. The van der Waals surface area contributed by atoms with E-state index in [1.54, 1.807) is 0 Å². The van der Waals surface area contributed by atoms with Crippen molar-refractivity contribution in [3.8, 4) is 6.07 Å². The van der Waals surface area contributed by atoms with Crippen molar-refractivity contribution in [3.05, 3.63) is 0 Å². The normalized spacial score (nSPS) is 50.9. The summed E-state index contributed by atoms with van der Waals surface area (Å²) in [5.41, 5.74) is 0. The molecule has 1 heterocycles. The van der Waals surface area contributed by atoms with Gasteiger partial charge in [-0.05, 0) is 43.4 Å². The zero-order valence-electron chi connectivity index (χ0n) is 8.48. The molecule has 3 aliphatic rings. The first kappa shape index (κ1) is 8.73. The van der Waals surface area contributed by atoms with Crippen LogP contribution in [0.15, 0.2) is 0 Å². The van der Waals surface area contributed by atoms with E-state index in [2.05, 4.69) is 6.07 Å². The van der Waals surface area contributed by atoms with Crippen molar-refractivity contribution in [2.75, 3.05) is 6.61 Å². The highest BCUT2D eigenvalue weighted by Gasteiger charge is 2.47. The molecule has 76 valence electrons. The lowest BCUT2D eigenvalue weighted by atomic mass is 9.80. The Bertz CT molecular complexity index is 270. The van der Waals surface area contributed by atoms with Gasteiger partial charge in [-0.3, -0.25) is 0 Å². The van der Waals surface area contributed by atoms with Gasteiger partial charge in [0.25, 0.3) is 0 Å². The van der Waals surface area contributed by atoms with Gasteiger partial charge in [-0.1, -0.05) is 6.42 Å². The third kappa shape index (κ3) is 1.19. The van der Waals surface area contributed by atoms with Crippen molar-refractivity contribution in [1.82, 2.24) is 0 Å². The molecule has 2 saturated carbocycles. The molecule has 0 aromatic carbocycles. The van der Waals surface area contributed by atoms with Crippen LogP contribution in [0.25, 0.3) is 0 Å². The minimum absolute atomic E-state index is 0.194. The first-order valence-corrected chi connectivity index (χ1v) is 5.89. The average Bonchev–Trinajstić information content (AvgIpc) is 2.92. The van der Waals surface area contributed by atoms with E-state index in [1.165, 1.54) is 25.7 Å². The largest absolute Gasteiger partial charge is 0.377 e. The molecular formula is C12H17NO. The summed E-state index contributed by atoms with van der Waals surface area (Å²) < 4.78 is 5.77. The number of nitrogens with zero attached hydrogens (tertiary/aromatic N) is 1. The fourth-order valence-electron chi connectivity index (χ4n) is 3.87. The molecule has 3 rings (SSSR count). The van der Waals surface area contributed by atoms with Gasteiger partial charge in [0, 0.05) is 6.61 Å². The molecule has 0 aromatic heterocycles. The second-order valence-electron chi connectivity index (χ2n) is 5.20. The molecule has 2 aliphatic carbocycles. The van der Waals surface area contributed by atoms with Crippen molar-refractivity contribution in [2.45, 2.75) is 38.2 Å². The van der Waals surface area contributed by atoms with Gasteiger partial charge < -0.3 is 4.74 Å². The SMILES string of the molecule is N#CC1CCOC1C1CC2CCC1C2. The molecule has 2 nitrogen and oxygen atoms in total. The number of hydrogen-bond donors (Lipinski definition) is 0.